The monoisotopic (exact) mass is 363 g/mol. The fraction of sp³-hybridized carbons (Fsp3) is 0.438. The first kappa shape index (κ1) is 15.7. The minimum Gasteiger partial charge on any atom is -0.311 e. The molecule has 2 fully saturated rings. The van der Waals surface area contributed by atoms with Crippen LogP contribution in [0, 0.1) is 33.5 Å². The Kier molecular flexibility index (Phi) is 3.02. The van der Waals surface area contributed by atoms with Gasteiger partial charge in [-0.25, -0.2) is 4.99 Å². The number of nitrogens with one attached hydrogen (secondary N) is 1. The Morgan fingerprint density at radius 2 is 2.08 bits per heavy atom. The van der Waals surface area contributed by atoms with E-state index in [1.54, 1.807) is 18.2 Å². The van der Waals surface area contributed by atoms with Crippen LogP contribution >= 0.6 is 23.2 Å². The first-order chi connectivity index (χ1) is 11.4. The number of benzene rings is 1. The third-order valence-electron chi connectivity index (χ3n) is 5.16. The van der Waals surface area contributed by atoms with Gasteiger partial charge in [0.05, 0.1) is 24.8 Å². The normalized spacial score (nSPS) is 42.3. The summed E-state index contributed by atoms with van der Waals surface area (Å²) in [5, 5.41) is 20.8. The summed E-state index contributed by atoms with van der Waals surface area (Å²) in [6, 6.07) is 9.43. The second-order valence-electron chi connectivity index (χ2n) is 6.33. The van der Waals surface area contributed by atoms with Crippen LogP contribution in [0.2, 0.25) is 10.0 Å². The quantitative estimate of drug-likeness (QED) is 0.761. The molecule has 5 atom stereocenters. The molecule has 1 saturated heterocycles. The topological polar surface area (TPSA) is 106 Å². The van der Waals surface area contributed by atoms with Crippen molar-refractivity contribution in [1.29, 1.82) is 10.5 Å². The maximum atomic E-state index is 10.0. The summed E-state index contributed by atoms with van der Waals surface area (Å²) in [4.78, 5) is 2.91. The smallest absolute Gasteiger partial charge is 0.311 e. The van der Waals surface area contributed by atoms with Crippen LogP contribution in [0.15, 0.2) is 18.2 Å². The Morgan fingerprint density at radius 1 is 1.33 bits per heavy atom. The van der Waals surface area contributed by atoms with E-state index < -0.39 is 22.7 Å². The molecule has 1 aromatic rings. The Labute approximate surface area is 148 Å². The molecule has 0 bridgehead atoms. The van der Waals surface area contributed by atoms with Gasteiger partial charge < -0.3 is 9.47 Å². The van der Waals surface area contributed by atoms with Crippen LogP contribution in [0.25, 0.3) is 0 Å². The molecule has 1 aliphatic carbocycles. The maximum Gasteiger partial charge on any atom is 0.343 e. The molecule has 3 aliphatic rings. The van der Waals surface area contributed by atoms with Crippen LogP contribution in [-0.4, -0.2) is 24.5 Å². The molecule has 0 unspecified atom stereocenters. The molecule has 8 heteroatoms. The minimum absolute atomic E-state index is 0.164. The molecule has 122 valence electrons. The van der Waals surface area contributed by atoms with Crippen molar-refractivity contribution in [1.82, 2.24) is 0 Å². The molecule has 0 radical (unpaired) electrons. The molecule has 0 aromatic heterocycles. The lowest BCUT2D eigenvalue weighted by Gasteiger charge is -2.24. The Morgan fingerprint density at radius 3 is 2.62 bits per heavy atom. The Balaban J connectivity index is 1.94. The van der Waals surface area contributed by atoms with Gasteiger partial charge in [-0.15, -0.1) is 0 Å². The van der Waals surface area contributed by atoms with Gasteiger partial charge >= 0.3 is 5.91 Å². The van der Waals surface area contributed by atoms with E-state index in [0.717, 1.165) is 0 Å². The van der Waals surface area contributed by atoms with Crippen molar-refractivity contribution in [3.63, 3.8) is 0 Å². The van der Waals surface area contributed by atoms with Gasteiger partial charge in [0.15, 0.2) is 10.8 Å². The van der Waals surface area contributed by atoms with Gasteiger partial charge in [0.2, 0.25) is 0 Å². The van der Waals surface area contributed by atoms with Gasteiger partial charge in [0.25, 0.3) is 5.84 Å². The average Bonchev–Trinajstić information content (AvgIpc) is 2.90. The van der Waals surface area contributed by atoms with E-state index in [1.807, 2.05) is 6.92 Å². The molecule has 1 spiro atoms. The highest BCUT2D eigenvalue weighted by atomic mass is 35.5. The Bertz CT molecular complexity index is 876. The third kappa shape index (κ3) is 1.46. The highest BCUT2D eigenvalue weighted by Gasteiger charge is 2.98. The van der Waals surface area contributed by atoms with Gasteiger partial charge in [0, 0.05) is 16.0 Å². The van der Waals surface area contributed by atoms with E-state index in [4.69, 9.17) is 38.4 Å². The number of rotatable bonds is 1. The van der Waals surface area contributed by atoms with Crippen molar-refractivity contribution >= 4 is 29.0 Å². The molecule has 24 heavy (non-hydrogen) atoms. The number of hydrogen-bond acceptors (Lipinski definition) is 5. The predicted molar refractivity (Wildman–Crippen MR) is 84.7 cm³/mol. The number of nitrogens with two attached hydrogens (primary N) is 1. The van der Waals surface area contributed by atoms with Crippen LogP contribution in [0.4, 0.5) is 0 Å². The lowest BCUT2D eigenvalue weighted by Crippen LogP contribution is -2.90. The number of hydrogen-bond donors (Lipinski definition) is 2. The van der Waals surface area contributed by atoms with Gasteiger partial charge in [0.1, 0.15) is 0 Å². The van der Waals surface area contributed by atoms with E-state index in [2.05, 4.69) is 17.1 Å². The second kappa shape index (κ2) is 4.62. The highest BCUT2D eigenvalue weighted by Crippen LogP contribution is 2.79. The SMILES string of the molecule is C[C@H]1CO[C@@]2([NH+]=C(N)[C@@]3(C#N)[C@@H](c4ccc(Cl)cc4Cl)[C@@]23C#N)O1. The fourth-order valence-corrected chi connectivity index (χ4v) is 4.68. The van der Waals surface area contributed by atoms with Gasteiger partial charge in [-0.1, -0.05) is 29.3 Å². The average molecular weight is 364 g/mol. The Hall–Kier alpha value is -1.83. The lowest BCUT2D eigenvalue weighted by molar-refractivity contribution is -0.677. The van der Waals surface area contributed by atoms with Gasteiger partial charge in [-0.2, -0.15) is 10.5 Å². The second-order valence-corrected chi connectivity index (χ2v) is 7.18. The van der Waals surface area contributed by atoms with E-state index in [1.165, 1.54) is 0 Å². The van der Waals surface area contributed by atoms with Gasteiger partial charge in [-0.05, 0) is 24.6 Å². The predicted octanol–water partition coefficient (Wildman–Crippen LogP) is 0.651. The van der Waals surface area contributed by atoms with Crippen LogP contribution in [0.5, 0.6) is 0 Å². The molecule has 1 aromatic carbocycles. The van der Waals surface area contributed by atoms with Crippen LogP contribution in [0.3, 0.4) is 0 Å². The zero-order valence-corrected chi connectivity index (χ0v) is 14.1. The van der Waals surface area contributed by atoms with E-state index in [9.17, 15) is 10.5 Å². The standard InChI is InChI=1S/C16H12Cl2N4O2/c1-8-5-23-16(24-8)15(7-20)12(14(15,6-19)13(21)22-16)10-3-2-9(17)4-11(10)18/h2-4,8,12H,5H2,1H3,(H2,21,22)/p+1/t8-,12+,14+,15+,16+/m0/s1. The molecule has 3 N–H and O–H groups in total. The van der Waals surface area contributed by atoms with E-state index >= 15 is 0 Å². The zero-order valence-electron chi connectivity index (χ0n) is 12.6. The summed E-state index contributed by atoms with van der Waals surface area (Å²) in [7, 11) is 0. The fourth-order valence-electron chi connectivity index (χ4n) is 4.17. The van der Waals surface area contributed by atoms with Crippen molar-refractivity contribution in [2.45, 2.75) is 24.9 Å². The molecule has 2 heterocycles. The number of ether oxygens (including phenoxy) is 2. The van der Waals surface area contributed by atoms with Crippen molar-refractivity contribution in [3.05, 3.63) is 33.8 Å². The summed E-state index contributed by atoms with van der Waals surface area (Å²) in [6.07, 6.45) is -0.230. The molecule has 6 nitrogen and oxygen atoms in total. The minimum atomic E-state index is -1.45. The summed E-state index contributed by atoms with van der Waals surface area (Å²) >= 11 is 12.3. The zero-order chi connectivity index (χ0) is 17.3. The molecular formula is C16H13Cl2N4O2+. The van der Waals surface area contributed by atoms with Crippen LogP contribution in [0.1, 0.15) is 18.4 Å². The summed E-state index contributed by atoms with van der Waals surface area (Å²) < 4.78 is 11.7. The lowest BCUT2D eigenvalue weighted by atomic mass is 9.94. The largest absolute Gasteiger partial charge is 0.343 e. The number of halogens is 2. The molecular weight excluding hydrogens is 351 g/mol. The number of amidine groups is 1. The van der Waals surface area contributed by atoms with Crippen molar-refractivity contribution < 1.29 is 14.5 Å². The molecule has 2 aliphatic heterocycles. The van der Waals surface area contributed by atoms with E-state index in [0.29, 0.717) is 22.2 Å². The molecule has 0 amide bonds. The van der Waals surface area contributed by atoms with Gasteiger partial charge in [-0.3, -0.25) is 5.73 Å². The van der Waals surface area contributed by atoms with Crippen molar-refractivity contribution in [3.8, 4) is 12.1 Å². The summed E-state index contributed by atoms with van der Waals surface area (Å²) in [6.45, 7) is 2.13. The van der Waals surface area contributed by atoms with Crippen molar-refractivity contribution in [2.24, 2.45) is 16.6 Å². The molecule has 1 saturated carbocycles. The maximum absolute atomic E-state index is 10.0. The first-order valence-corrected chi connectivity index (χ1v) is 8.14. The first-order valence-electron chi connectivity index (χ1n) is 7.39. The highest BCUT2D eigenvalue weighted by molar-refractivity contribution is 6.35. The van der Waals surface area contributed by atoms with Crippen molar-refractivity contribution in [2.75, 3.05) is 6.61 Å². The number of fused-ring (bicyclic) bond motifs is 2. The molecule has 4 rings (SSSR count). The van der Waals surface area contributed by atoms with E-state index in [-0.39, 0.29) is 11.9 Å². The number of nitrogens with zero attached hydrogens (tertiary/aromatic N) is 2. The summed E-state index contributed by atoms with van der Waals surface area (Å²) in [5.74, 6) is -1.86. The van der Waals surface area contributed by atoms with Crippen LogP contribution in [-0.2, 0) is 9.47 Å². The van der Waals surface area contributed by atoms with Crippen LogP contribution < -0.4 is 10.7 Å². The summed E-state index contributed by atoms with van der Waals surface area (Å²) in [5.41, 5.74) is 4.17. The third-order valence-corrected chi connectivity index (χ3v) is 5.72. The number of nitriles is 2.